The lowest BCUT2D eigenvalue weighted by Crippen LogP contribution is -2.31. The first-order chi connectivity index (χ1) is 8.36. The van der Waals surface area contributed by atoms with Crippen molar-refractivity contribution in [2.75, 3.05) is 5.33 Å². The van der Waals surface area contributed by atoms with Gasteiger partial charge in [-0.3, -0.25) is 4.79 Å². The Balaban J connectivity index is 2.80. The summed E-state index contributed by atoms with van der Waals surface area (Å²) in [4.78, 5) is 16.8. The fourth-order valence-corrected chi connectivity index (χ4v) is 2.27. The number of aromatic nitrogens is 3. The molecule has 0 bridgehead atoms. The smallest absolute Gasteiger partial charge is 0.162 e. The zero-order valence-electron chi connectivity index (χ0n) is 10.9. The van der Waals surface area contributed by atoms with Crippen LogP contribution in [0.4, 0.5) is 0 Å². The van der Waals surface area contributed by atoms with Crippen LogP contribution >= 0.6 is 31.9 Å². The number of halogens is 2. The van der Waals surface area contributed by atoms with Gasteiger partial charge in [0.05, 0.1) is 0 Å². The standard InChI is InChI=1S/C12H19Br2N3O/c1-12(2,3)11(18)10(5-4-9(14)6-13)17-8-15-7-16-17/h7-10H,4-6H2,1-3H3. The van der Waals surface area contributed by atoms with Gasteiger partial charge in [-0.05, 0) is 12.8 Å². The van der Waals surface area contributed by atoms with E-state index in [0.29, 0.717) is 4.83 Å². The first-order valence-electron chi connectivity index (χ1n) is 5.94. The molecule has 2 unspecified atom stereocenters. The van der Waals surface area contributed by atoms with E-state index < -0.39 is 0 Å². The fourth-order valence-electron chi connectivity index (χ4n) is 1.68. The topological polar surface area (TPSA) is 47.8 Å². The Morgan fingerprint density at radius 1 is 1.39 bits per heavy atom. The summed E-state index contributed by atoms with van der Waals surface area (Å²) < 4.78 is 1.67. The average Bonchev–Trinajstić information content (AvgIpc) is 2.81. The van der Waals surface area contributed by atoms with E-state index in [1.165, 1.54) is 6.33 Å². The Bertz CT molecular complexity index is 373. The highest BCUT2D eigenvalue weighted by atomic mass is 79.9. The van der Waals surface area contributed by atoms with Crippen molar-refractivity contribution >= 4 is 37.6 Å². The van der Waals surface area contributed by atoms with Gasteiger partial charge in [0.15, 0.2) is 5.78 Å². The maximum atomic E-state index is 12.4. The predicted molar refractivity (Wildman–Crippen MR) is 79.3 cm³/mol. The number of ketones is 1. The summed E-state index contributed by atoms with van der Waals surface area (Å²) in [6, 6.07) is -0.230. The number of alkyl halides is 2. The second kappa shape index (κ2) is 6.80. The lowest BCUT2D eigenvalue weighted by molar-refractivity contribution is -0.130. The largest absolute Gasteiger partial charge is 0.297 e. The fraction of sp³-hybridized carbons (Fsp3) is 0.750. The van der Waals surface area contributed by atoms with E-state index in [0.717, 1.165) is 18.2 Å². The van der Waals surface area contributed by atoms with Gasteiger partial charge in [0.2, 0.25) is 0 Å². The molecule has 1 heterocycles. The van der Waals surface area contributed by atoms with Crippen molar-refractivity contribution in [3.05, 3.63) is 12.7 Å². The molecule has 6 heteroatoms. The Morgan fingerprint density at radius 3 is 2.50 bits per heavy atom. The third kappa shape index (κ3) is 4.46. The molecule has 1 aromatic heterocycles. The zero-order chi connectivity index (χ0) is 13.8. The summed E-state index contributed by atoms with van der Waals surface area (Å²) in [7, 11) is 0. The number of rotatable bonds is 6. The Kier molecular flexibility index (Phi) is 5.98. The van der Waals surface area contributed by atoms with E-state index in [1.807, 2.05) is 20.8 Å². The number of Topliss-reactive ketones (excluding diaryl/α,β-unsaturated/α-hetero) is 1. The van der Waals surface area contributed by atoms with Crippen molar-refractivity contribution in [3.63, 3.8) is 0 Å². The molecule has 0 amide bonds. The summed E-state index contributed by atoms with van der Waals surface area (Å²) >= 11 is 6.99. The van der Waals surface area contributed by atoms with Gasteiger partial charge >= 0.3 is 0 Å². The summed E-state index contributed by atoms with van der Waals surface area (Å²) in [5, 5.41) is 4.99. The summed E-state index contributed by atoms with van der Waals surface area (Å²) in [5.74, 6) is 0.197. The minimum Gasteiger partial charge on any atom is -0.297 e. The molecule has 0 N–H and O–H groups in total. The second-order valence-electron chi connectivity index (χ2n) is 5.33. The summed E-state index contributed by atoms with van der Waals surface area (Å²) in [6.45, 7) is 5.82. The van der Waals surface area contributed by atoms with Crippen LogP contribution in [0.5, 0.6) is 0 Å². The molecule has 4 nitrogen and oxygen atoms in total. The van der Waals surface area contributed by atoms with E-state index in [9.17, 15) is 4.79 Å². The highest BCUT2D eigenvalue weighted by Crippen LogP contribution is 2.27. The molecular weight excluding hydrogens is 362 g/mol. The molecule has 1 rings (SSSR count). The molecule has 0 aliphatic heterocycles. The molecular formula is C12H19Br2N3O. The monoisotopic (exact) mass is 379 g/mol. The highest BCUT2D eigenvalue weighted by Gasteiger charge is 2.31. The lowest BCUT2D eigenvalue weighted by atomic mass is 9.85. The number of carbonyl (C=O) groups excluding carboxylic acids is 1. The average molecular weight is 381 g/mol. The highest BCUT2D eigenvalue weighted by molar-refractivity contribution is 9.12. The normalized spacial score (nSPS) is 15.4. The van der Waals surface area contributed by atoms with Gasteiger partial charge in [-0.1, -0.05) is 52.6 Å². The van der Waals surface area contributed by atoms with Crippen LogP contribution in [0.3, 0.4) is 0 Å². The minimum absolute atomic E-state index is 0.197. The third-order valence-corrected chi connectivity index (χ3v) is 5.15. The van der Waals surface area contributed by atoms with Gasteiger partial charge in [0, 0.05) is 15.6 Å². The van der Waals surface area contributed by atoms with E-state index >= 15 is 0 Å². The molecule has 2 atom stereocenters. The van der Waals surface area contributed by atoms with Gasteiger partial charge in [0.1, 0.15) is 18.7 Å². The van der Waals surface area contributed by atoms with Crippen LogP contribution in [0.15, 0.2) is 12.7 Å². The molecule has 0 spiro atoms. The Morgan fingerprint density at radius 2 is 2.06 bits per heavy atom. The minimum atomic E-state index is -0.368. The van der Waals surface area contributed by atoms with E-state index in [1.54, 1.807) is 11.0 Å². The molecule has 1 aromatic rings. The van der Waals surface area contributed by atoms with E-state index in [2.05, 4.69) is 41.9 Å². The van der Waals surface area contributed by atoms with Crippen LogP contribution in [0.2, 0.25) is 0 Å². The predicted octanol–water partition coefficient (Wildman–Crippen LogP) is 3.37. The molecule has 0 aliphatic carbocycles. The van der Waals surface area contributed by atoms with Crippen LogP contribution in [-0.4, -0.2) is 30.7 Å². The van der Waals surface area contributed by atoms with Crippen LogP contribution in [0.25, 0.3) is 0 Å². The van der Waals surface area contributed by atoms with E-state index in [-0.39, 0.29) is 17.2 Å². The quantitative estimate of drug-likeness (QED) is 0.710. The first kappa shape index (κ1) is 15.8. The van der Waals surface area contributed by atoms with Crippen LogP contribution in [0.1, 0.15) is 39.7 Å². The molecule has 102 valence electrons. The molecule has 0 aliphatic rings. The Labute approximate surface area is 125 Å². The van der Waals surface area contributed by atoms with Crippen LogP contribution < -0.4 is 0 Å². The molecule has 0 saturated carbocycles. The Hall–Kier alpha value is -0.230. The molecule has 0 saturated heterocycles. The van der Waals surface area contributed by atoms with Gasteiger partial charge in [-0.15, -0.1) is 0 Å². The van der Waals surface area contributed by atoms with Crippen molar-refractivity contribution in [2.24, 2.45) is 5.41 Å². The van der Waals surface area contributed by atoms with Crippen molar-refractivity contribution in [1.82, 2.24) is 14.8 Å². The maximum absolute atomic E-state index is 12.4. The molecule has 0 aromatic carbocycles. The molecule has 0 radical (unpaired) electrons. The van der Waals surface area contributed by atoms with Gasteiger partial charge < -0.3 is 0 Å². The van der Waals surface area contributed by atoms with Gasteiger partial charge in [-0.2, -0.15) is 5.10 Å². The number of carbonyl (C=O) groups is 1. The molecule has 0 fully saturated rings. The van der Waals surface area contributed by atoms with Crippen molar-refractivity contribution in [1.29, 1.82) is 0 Å². The van der Waals surface area contributed by atoms with Crippen LogP contribution in [0, 0.1) is 5.41 Å². The summed E-state index contributed by atoms with van der Waals surface area (Å²) in [6.07, 6.45) is 4.77. The third-order valence-electron chi connectivity index (χ3n) is 2.72. The van der Waals surface area contributed by atoms with Crippen LogP contribution in [-0.2, 0) is 4.79 Å². The van der Waals surface area contributed by atoms with Crippen molar-refractivity contribution < 1.29 is 4.79 Å². The number of hydrogen-bond donors (Lipinski definition) is 0. The molecule has 18 heavy (non-hydrogen) atoms. The summed E-state index contributed by atoms with van der Waals surface area (Å²) in [5.41, 5.74) is -0.368. The number of nitrogens with zero attached hydrogens (tertiary/aromatic N) is 3. The zero-order valence-corrected chi connectivity index (χ0v) is 14.1. The number of hydrogen-bond acceptors (Lipinski definition) is 3. The van der Waals surface area contributed by atoms with Gasteiger partial charge in [-0.25, -0.2) is 9.67 Å². The second-order valence-corrected chi connectivity index (χ2v) is 7.28. The van der Waals surface area contributed by atoms with Gasteiger partial charge in [0.25, 0.3) is 0 Å². The first-order valence-corrected chi connectivity index (χ1v) is 7.98. The van der Waals surface area contributed by atoms with Crippen molar-refractivity contribution in [2.45, 2.75) is 44.5 Å². The van der Waals surface area contributed by atoms with E-state index in [4.69, 9.17) is 0 Å². The lowest BCUT2D eigenvalue weighted by Gasteiger charge is -2.25. The van der Waals surface area contributed by atoms with Crippen molar-refractivity contribution in [3.8, 4) is 0 Å². The maximum Gasteiger partial charge on any atom is 0.162 e. The SMILES string of the molecule is CC(C)(C)C(=O)C(CCC(Br)CBr)n1cncn1.